The lowest BCUT2D eigenvalue weighted by atomic mass is 9.86. The summed E-state index contributed by atoms with van der Waals surface area (Å²) in [5, 5.41) is -0.146. The molecule has 0 bridgehead atoms. The van der Waals surface area contributed by atoms with E-state index in [4.69, 9.17) is 21.1 Å². The molecule has 1 atom stereocenters. The van der Waals surface area contributed by atoms with Crippen LogP contribution in [0.4, 0.5) is 13.6 Å². The van der Waals surface area contributed by atoms with E-state index >= 15 is 0 Å². The number of hydrogen-bond acceptors (Lipinski definition) is 3. The molecule has 1 amide bonds. The lowest BCUT2D eigenvalue weighted by Gasteiger charge is -2.40. The van der Waals surface area contributed by atoms with Crippen LogP contribution in [0.15, 0.2) is 30.3 Å². The average Bonchev–Trinajstić information content (AvgIpc) is 2.68. The maximum atomic E-state index is 14.1. The summed E-state index contributed by atoms with van der Waals surface area (Å²) in [7, 11) is 0. The van der Waals surface area contributed by atoms with Gasteiger partial charge in [-0.3, -0.25) is 0 Å². The quantitative estimate of drug-likeness (QED) is 0.486. The van der Waals surface area contributed by atoms with Crippen molar-refractivity contribution in [2.45, 2.75) is 59.3 Å². The van der Waals surface area contributed by atoms with Gasteiger partial charge in [0.1, 0.15) is 23.8 Å². The number of ether oxygens (including phenoxy) is 2. The summed E-state index contributed by atoms with van der Waals surface area (Å²) < 4.78 is 39.3. The highest BCUT2D eigenvalue weighted by molar-refractivity contribution is 6.30. The van der Waals surface area contributed by atoms with Crippen molar-refractivity contribution in [3.05, 3.63) is 63.7 Å². The second-order valence-electron chi connectivity index (χ2n) is 9.08. The van der Waals surface area contributed by atoms with E-state index in [1.54, 1.807) is 11.0 Å². The molecule has 3 rings (SSSR count). The van der Waals surface area contributed by atoms with Crippen LogP contribution in [0, 0.1) is 17.6 Å². The molecule has 0 saturated heterocycles. The van der Waals surface area contributed by atoms with Gasteiger partial charge in [-0.05, 0) is 68.5 Å². The second-order valence-corrected chi connectivity index (χ2v) is 9.49. The SMILES string of the molecule is CC(C)[C@H]1c2ccc(OCc3c(F)ccc(Cl)c3F)cc2CCN1C(=O)OC(C)(C)C. The van der Waals surface area contributed by atoms with E-state index < -0.39 is 17.2 Å². The molecule has 0 N–H and O–H groups in total. The summed E-state index contributed by atoms with van der Waals surface area (Å²) in [6, 6.07) is 7.71. The molecule has 4 nitrogen and oxygen atoms in total. The predicted octanol–water partition coefficient (Wildman–Crippen LogP) is 6.69. The van der Waals surface area contributed by atoms with Crippen LogP contribution >= 0.6 is 11.6 Å². The molecule has 168 valence electrons. The summed E-state index contributed by atoms with van der Waals surface area (Å²) in [5.41, 5.74) is 1.30. The molecule has 0 fully saturated rings. The third-order valence-corrected chi connectivity index (χ3v) is 5.46. The van der Waals surface area contributed by atoms with Gasteiger partial charge in [0.15, 0.2) is 5.82 Å². The number of carbonyl (C=O) groups is 1. The number of rotatable bonds is 4. The van der Waals surface area contributed by atoms with E-state index in [1.807, 2.05) is 32.9 Å². The molecule has 7 heteroatoms. The first-order valence-electron chi connectivity index (χ1n) is 10.4. The number of amides is 1. The van der Waals surface area contributed by atoms with Gasteiger partial charge in [0.2, 0.25) is 0 Å². The van der Waals surface area contributed by atoms with Crippen LogP contribution in [0.25, 0.3) is 0 Å². The van der Waals surface area contributed by atoms with Gasteiger partial charge in [-0.1, -0.05) is 31.5 Å². The fourth-order valence-electron chi connectivity index (χ4n) is 3.83. The molecule has 0 radical (unpaired) electrons. The first-order chi connectivity index (χ1) is 14.5. The van der Waals surface area contributed by atoms with Crippen molar-refractivity contribution in [1.29, 1.82) is 0 Å². The summed E-state index contributed by atoms with van der Waals surface area (Å²) in [6.45, 7) is 9.92. The molecule has 2 aromatic carbocycles. The van der Waals surface area contributed by atoms with Gasteiger partial charge in [-0.15, -0.1) is 0 Å². The lowest BCUT2D eigenvalue weighted by Crippen LogP contribution is -2.44. The van der Waals surface area contributed by atoms with Gasteiger partial charge in [0.05, 0.1) is 16.6 Å². The van der Waals surface area contributed by atoms with Gasteiger partial charge in [0.25, 0.3) is 0 Å². The van der Waals surface area contributed by atoms with Gasteiger partial charge in [-0.2, -0.15) is 0 Å². The van der Waals surface area contributed by atoms with E-state index in [-0.39, 0.29) is 35.2 Å². The molecule has 0 saturated carbocycles. The van der Waals surface area contributed by atoms with Crippen molar-refractivity contribution < 1.29 is 23.0 Å². The highest BCUT2D eigenvalue weighted by Gasteiger charge is 2.35. The van der Waals surface area contributed by atoms with E-state index in [0.29, 0.717) is 18.7 Å². The predicted molar refractivity (Wildman–Crippen MR) is 116 cm³/mol. The first kappa shape index (κ1) is 23.3. The Hall–Kier alpha value is -2.34. The molecule has 1 aliphatic rings. The maximum Gasteiger partial charge on any atom is 0.410 e. The molecule has 0 aromatic heterocycles. The molecular weight excluding hydrogens is 424 g/mol. The summed E-state index contributed by atoms with van der Waals surface area (Å²) in [6.07, 6.45) is 0.304. The van der Waals surface area contributed by atoms with E-state index in [0.717, 1.165) is 17.2 Å². The zero-order valence-electron chi connectivity index (χ0n) is 18.5. The molecule has 0 unspecified atom stereocenters. The minimum Gasteiger partial charge on any atom is -0.489 e. The maximum absolute atomic E-state index is 14.1. The number of carbonyl (C=O) groups excluding carboxylic acids is 1. The van der Waals surface area contributed by atoms with Gasteiger partial charge < -0.3 is 14.4 Å². The smallest absolute Gasteiger partial charge is 0.410 e. The number of benzene rings is 2. The van der Waals surface area contributed by atoms with E-state index in [2.05, 4.69) is 13.8 Å². The Labute approximate surface area is 187 Å². The van der Waals surface area contributed by atoms with Crippen LogP contribution in [-0.2, 0) is 17.8 Å². The monoisotopic (exact) mass is 451 g/mol. The van der Waals surface area contributed by atoms with Crippen LogP contribution in [-0.4, -0.2) is 23.1 Å². The molecule has 1 heterocycles. The van der Waals surface area contributed by atoms with E-state index in [9.17, 15) is 13.6 Å². The fraction of sp³-hybridized carbons (Fsp3) is 0.458. The zero-order chi connectivity index (χ0) is 22.9. The molecule has 0 spiro atoms. The van der Waals surface area contributed by atoms with Crippen LogP contribution in [0.1, 0.15) is 57.4 Å². The third kappa shape index (κ3) is 5.29. The van der Waals surface area contributed by atoms with Crippen molar-refractivity contribution in [1.82, 2.24) is 4.90 Å². The normalized spacial score (nSPS) is 16.3. The first-order valence-corrected chi connectivity index (χ1v) is 10.7. The third-order valence-electron chi connectivity index (χ3n) is 5.17. The summed E-state index contributed by atoms with van der Waals surface area (Å²) in [4.78, 5) is 14.5. The van der Waals surface area contributed by atoms with Gasteiger partial charge in [-0.25, -0.2) is 13.6 Å². The Balaban J connectivity index is 1.81. The summed E-state index contributed by atoms with van der Waals surface area (Å²) >= 11 is 5.75. The van der Waals surface area contributed by atoms with Crippen molar-refractivity contribution in [3.8, 4) is 5.75 Å². The van der Waals surface area contributed by atoms with Crippen LogP contribution in [0.5, 0.6) is 5.75 Å². The standard InChI is InChI=1S/C24H28ClF2NO3/c1-14(2)22-17-7-6-16(30-13-18-20(26)9-8-19(25)21(18)27)12-15(17)10-11-28(22)23(29)31-24(3,4)5/h6-9,12,14,22H,10-11,13H2,1-5H3/t22-/m0/s1. The highest BCUT2D eigenvalue weighted by Crippen LogP contribution is 2.38. The van der Waals surface area contributed by atoms with Gasteiger partial charge in [0, 0.05) is 6.54 Å². The van der Waals surface area contributed by atoms with Crippen molar-refractivity contribution in [2.75, 3.05) is 6.54 Å². The van der Waals surface area contributed by atoms with Crippen LogP contribution in [0.2, 0.25) is 5.02 Å². The highest BCUT2D eigenvalue weighted by atomic mass is 35.5. The van der Waals surface area contributed by atoms with Crippen LogP contribution < -0.4 is 4.74 Å². The zero-order valence-corrected chi connectivity index (χ0v) is 19.2. The molecular formula is C24H28ClF2NO3. The molecule has 1 aliphatic heterocycles. The Bertz CT molecular complexity index is 972. The summed E-state index contributed by atoms with van der Waals surface area (Å²) in [5.74, 6) is -0.834. The molecule has 2 aromatic rings. The van der Waals surface area contributed by atoms with Gasteiger partial charge >= 0.3 is 6.09 Å². The minimum atomic E-state index is -0.812. The Kier molecular flexibility index (Phi) is 6.79. The lowest BCUT2D eigenvalue weighted by molar-refractivity contribution is 0.00876. The largest absolute Gasteiger partial charge is 0.489 e. The number of nitrogens with zero attached hydrogens (tertiary/aromatic N) is 1. The van der Waals surface area contributed by atoms with Crippen molar-refractivity contribution >= 4 is 17.7 Å². The number of hydrogen-bond donors (Lipinski definition) is 0. The molecule has 0 aliphatic carbocycles. The molecule has 31 heavy (non-hydrogen) atoms. The fourth-order valence-corrected chi connectivity index (χ4v) is 4.00. The number of fused-ring (bicyclic) bond motifs is 1. The Morgan fingerprint density at radius 1 is 1.23 bits per heavy atom. The second kappa shape index (κ2) is 9.03. The minimum absolute atomic E-state index is 0.129. The Morgan fingerprint density at radius 3 is 2.58 bits per heavy atom. The van der Waals surface area contributed by atoms with Crippen molar-refractivity contribution in [2.24, 2.45) is 5.92 Å². The number of halogens is 3. The Morgan fingerprint density at radius 2 is 1.94 bits per heavy atom. The van der Waals surface area contributed by atoms with Crippen molar-refractivity contribution in [3.63, 3.8) is 0 Å². The average molecular weight is 452 g/mol. The van der Waals surface area contributed by atoms with E-state index in [1.165, 1.54) is 6.07 Å². The van der Waals surface area contributed by atoms with Crippen LogP contribution in [0.3, 0.4) is 0 Å². The topological polar surface area (TPSA) is 38.8 Å².